The summed E-state index contributed by atoms with van der Waals surface area (Å²) in [5.74, 6) is -0.935. The number of carboxylic acids is 1. The van der Waals surface area contributed by atoms with Crippen LogP contribution in [0.25, 0.3) is 0 Å². The van der Waals surface area contributed by atoms with E-state index in [9.17, 15) is 4.79 Å². The molecule has 0 saturated carbocycles. The summed E-state index contributed by atoms with van der Waals surface area (Å²) in [6, 6.07) is 0.435. The zero-order valence-electron chi connectivity index (χ0n) is 8.13. The summed E-state index contributed by atoms with van der Waals surface area (Å²) in [6.45, 7) is 8.81. The van der Waals surface area contributed by atoms with Crippen LogP contribution in [0.2, 0.25) is 0 Å². The molecule has 0 spiro atoms. The van der Waals surface area contributed by atoms with Crippen LogP contribution in [0, 0.1) is 0 Å². The maximum absolute atomic E-state index is 9.60. The van der Waals surface area contributed by atoms with Crippen molar-refractivity contribution in [1.82, 2.24) is 0 Å². The van der Waals surface area contributed by atoms with E-state index in [1.807, 2.05) is 0 Å². The molecule has 3 nitrogen and oxygen atoms in total. The average molecular weight is 173 g/mol. The minimum Gasteiger partial charge on any atom is -0.478 e. The van der Waals surface area contributed by atoms with Gasteiger partial charge in [-0.2, -0.15) is 0 Å². The van der Waals surface area contributed by atoms with Crippen molar-refractivity contribution in [3.8, 4) is 0 Å². The van der Waals surface area contributed by atoms with Crippen LogP contribution in [0.4, 0.5) is 0 Å². The Morgan fingerprint density at radius 3 is 1.75 bits per heavy atom. The molecule has 0 aliphatic carbocycles. The molecular weight excluding hydrogens is 154 g/mol. The third-order valence-corrected chi connectivity index (χ3v) is 1.41. The third kappa shape index (κ3) is 11.9. The van der Waals surface area contributed by atoms with Crippen LogP contribution in [-0.2, 0) is 4.79 Å². The number of nitrogens with two attached hydrogens (primary N) is 1. The number of hydrogen-bond donors (Lipinski definition) is 2. The summed E-state index contributed by atoms with van der Waals surface area (Å²) in [4.78, 5) is 9.60. The van der Waals surface area contributed by atoms with Crippen molar-refractivity contribution in [2.24, 2.45) is 5.73 Å². The van der Waals surface area contributed by atoms with Crippen molar-refractivity contribution < 1.29 is 9.90 Å². The third-order valence-electron chi connectivity index (χ3n) is 1.41. The Morgan fingerprint density at radius 2 is 1.75 bits per heavy atom. The van der Waals surface area contributed by atoms with Crippen LogP contribution < -0.4 is 5.73 Å². The number of rotatable bonds is 3. The van der Waals surface area contributed by atoms with Crippen molar-refractivity contribution in [3.05, 3.63) is 12.2 Å². The van der Waals surface area contributed by atoms with Gasteiger partial charge in [-0.05, 0) is 19.8 Å². The first-order valence-corrected chi connectivity index (χ1v) is 4.10. The molecule has 0 amide bonds. The van der Waals surface area contributed by atoms with E-state index < -0.39 is 5.97 Å². The molecule has 3 N–H and O–H groups in total. The lowest BCUT2D eigenvalue weighted by atomic mass is 10.2. The van der Waals surface area contributed by atoms with Crippen molar-refractivity contribution in [1.29, 1.82) is 0 Å². The fourth-order valence-electron chi connectivity index (χ4n) is 0.289. The molecule has 0 aliphatic heterocycles. The smallest absolute Gasteiger partial charge is 0.330 e. The Balaban J connectivity index is 0. The second kappa shape index (κ2) is 8.27. The fourth-order valence-corrected chi connectivity index (χ4v) is 0.289. The monoisotopic (exact) mass is 173 g/mol. The highest BCUT2D eigenvalue weighted by Gasteiger charge is 1.90. The van der Waals surface area contributed by atoms with E-state index in [1.54, 1.807) is 0 Å². The Hall–Kier alpha value is -0.830. The summed E-state index contributed by atoms with van der Waals surface area (Å²) in [5, 5.41) is 7.89. The zero-order valence-corrected chi connectivity index (χ0v) is 8.13. The first-order valence-electron chi connectivity index (χ1n) is 4.10. The summed E-state index contributed by atoms with van der Waals surface area (Å²) < 4.78 is 0. The maximum Gasteiger partial charge on any atom is 0.330 e. The van der Waals surface area contributed by atoms with E-state index in [0.717, 1.165) is 12.8 Å². The van der Waals surface area contributed by atoms with Gasteiger partial charge in [-0.15, -0.1) is 0 Å². The van der Waals surface area contributed by atoms with Gasteiger partial charge in [0.2, 0.25) is 0 Å². The van der Waals surface area contributed by atoms with Gasteiger partial charge in [-0.3, -0.25) is 0 Å². The van der Waals surface area contributed by atoms with Gasteiger partial charge in [0.05, 0.1) is 0 Å². The summed E-state index contributed by atoms with van der Waals surface area (Å²) in [5.41, 5.74) is 5.65. The Bertz CT molecular complexity index is 127. The normalized spacial score (nSPS) is 8.75. The standard InChI is InChI=1S/C5H13N.C4H6O2/c1-3-5(6)4-2;1-3(2)4(5)6/h5H,3-4,6H2,1-2H3;1H2,2H3,(H,5,6). The second-order valence-electron chi connectivity index (χ2n) is 2.66. The molecule has 0 aromatic heterocycles. The number of carboxylic acid groups (broad SMARTS) is 1. The summed E-state index contributed by atoms with van der Waals surface area (Å²) in [7, 11) is 0. The predicted molar refractivity (Wildman–Crippen MR) is 51.0 cm³/mol. The number of hydrogen-bond acceptors (Lipinski definition) is 2. The van der Waals surface area contributed by atoms with Crippen molar-refractivity contribution in [2.75, 3.05) is 0 Å². The van der Waals surface area contributed by atoms with Gasteiger partial charge < -0.3 is 10.8 Å². The van der Waals surface area contributed by atoms with Gasteiger partial charge in [0, 0.05) is 11.6 Å². The van der Waals surface area contributed by atoms with Gasteiger partial charge in [-0.25, -0.2) is 4.79 Å². The molecule has 12 heavy (non-hydrogen) atoms. The summed E-state index contributed by atoms with van der Waals surface area (Å²) in [6.07, 6.45) is 2.22. The van der Waals surface area contributed by atoms with Crippen LogP contribution in [0.3, 0.4) is 0 Å². The molecule has 0 fully saturated rings. The lowest BCUT2D eigenvalue weighted by molar-refractivity contribution is -0.132. The molecule has 0 unspecified atom stereocenters. The quantitative estimate of drug-likeness (QED) is 0.639. The van der Waals surface area contributed by atoms with Gasteiger partial charge in [0.25, 0.3) is 0 Å². The largest absolute Gasteiger partial charge is 0.478 e. The number of aliphatic carboxylic acids is 1. The molecule has 0 radical (unpaired) electrons. The van der Waals surface area contributed by atoms with E-state index in [2.05, 4.69) is 20.4 Å². The van der Waals surface area contributed by atoms with Crippen LogP contribution in [0.5, 0.6) is 0 Å². The highest BCUT2D eigenvalue weighted by Crippen LogP contribution is 1.88. The van der Waals surface area contributed by atoms with E-state index >= 15 is 0 Å². The molecule has 3 heteroatoms. The zero-order chi connectivity index (χ0) is 10.1. The van der Waals surface area contributed by atoms with Gasteiger partial charge in [-0.1, -0.05) is 20.4 Å². The van der Waals surface area contributed by atoms with E-state index in [1.165, 1.54) is 6.92 Å². The van der Waals surface area contributed by atoms with Crippen molar-refractivity contribution >= 4 is 5.97 Å². The molecule has 0 heterocycles. The molecule has 0 aromatic carbocycles. The SMILES string of the molecule is C=C(C)C(=O)O.CCC(N)CC. The van der Waals surface area contributed by atoms with Crippen LogP contribution in [-0.4, -0.2) is 17.1 Å². The van der Waals surface area contributed by atoms with Crippen molar-refractivity contribution in [3.63, 3.8) is 0 Å². The number of carbonyl (C=O) groups is 1. The van der Waals surface area contributed by atoms with Crippen LogP contribution >= 0.6 is 0 Å². The topological polar surface area (TPSA) is 63.3 Å². The van der Waals surface area contributed by atoms with Gasteiger partial charge >= 0.3 is 5.97 Å². The predicted octanol–water partition coefficient (Wildman–Crippen LogP) is 1.78. The minimum atomic E-state index is -0.935. The first kappa shape index (κ1) is 13.7. The van der Waals surface area contributed by atoms with E-state index in [-0.39, 0.29) is 5.57 Å². The Morgan fingerprint density at radius 1 is 1.50 bits per heavy atom. The maximum atomic E-state index is 9.60. The molecule has 0 rings (SSSR count). The van der Waals surface area contributed by atoms with E-state index in [4.69, 9.17) is 10.8 Å². The Kier molecular flexibility index (Phi) is 9.47. The highest BCUT2D eigenvalue weighted by molar-refractivity contribution is 5.84. The molecule has 0 saturated heterocycles. The highest BCUT2D eigenvalue weighted by atomic mass is 16.4. The molecule has 0 atom stereocenters. The first-order chi connectivity index (χ1) is 5.45. The average Bonchev–Trinajstić information content (AvgIpc) is 2.04. The lowest BCUT2D eigenvalue weighted by Crippen LogP contribution is -2.16. The van der Waals surface area contributed by atoms with Crippen molar-refractivity contribution in [2.45, 2.75) is 39.7 Å². The second-order valence-corrected chi connectivity index (χ2v) is 2.66. The fraction of sp³-hybridized carbons (Fsp3) is 0.667. The van der Waals surface area contributed by atoms with E-state index in [0.29, 0.717) is 6.04 Å². The Labute approximate surface area is 74.3 Å². The van der Waals surface area contributed by atoms with Crippen LogP contribution in [0.15, 0.2) is 12.2 Å². The molecule has 0 bridgehead atoms. The molecule has 72 valence electrons. The molecular formula is C9H19NO2. The molecule has 0 aliphatic rings. The van der Waals surface area contributed by atoms with Crippen LogP contribution in [0.1, 0.15) is 33.6 Å². The van der Waals surface area contributed by atoms with Gasteiger partial charge in [0.1, 0.15) is 0 Å². The minimum absolute atomic E-state index is 0.176. The molecule has 0 aromatic rings. The van der Waals surface area contributed by atoms with Gasteiger partial charge in [0.15, 0.2) is 0 Å². The summed E-state index contributed by atoms with van der Waals surface area (Å²) >= 11 is 0. The lowest BCUT2D eigenvalue weighted by Gasteiger charge is -1.99.